The zero-order chi connectivity index (χ0) is 30.0. The molecule has 6 atom stereocenters. The number of carbonyl (C=O) groups excluding carboxylic acids is 1. The molecule has 1 fully saturated rings. The molecule has 234 valence electrons. The van der Waals surface area contributed by atoms with E-state index in [2.05, 4.69) is 40.3 Å². The topological polar surface area (TPSA) is 203 Å². The Balaban J connectivity index is 2.11. The normalized spacial score (nSPS) is 27.7. The fourth-order valence-electron chi connectivity index (χ4n) is 4.08. The second kappa shape index (κ2) is 20.7. The Morgan fingerprint density at radius 3 is 1.90 bits per heavy atom. The van der Waals surface area contributed by atoms with Gasteiger partial charge in [0.15, 0.2) is 0 Å². The van der Waals surface area contributed by atoms with Crippen LogP contribution in [0.3, 0.4) is 0 Å². The molecule has 0 aliphatic heterocycles. The average Bonchev–Trinajstić information content (AvgIpc) is 2.93. The van der Waals surface area contributed by atoms with Crippen LogP contribution < -0.4 is 0 Å². The molecule has 0 aromatic carbocycles. The van der Waals surface area contributed by atoms with Crippen molar-refractivity contribution in [3.05, 3.63) is 24.3 Å². The third kappa shape index (κ3) is 15.2. The summed E-state index contributed by atoms with van der Waals surface area (Å²) in [5.74, 6) is -0.525. The molecule has 0 aromatic rings. The lowest BCUT2D eigenvalue weighted by atomic mass is 9.85. The van der Waals surface area contributed by atoms with Gasteiger partial charge in [0.05, 0.1) is 6.61 Å². The summed E-state index contributed by atoms with van der Waals surface area (Å²) >= 11 is 0. The number of phosphoric acid groups is 1. The molecule has 0 heterocycles. The molecule has 7 N–H and O–H groups in total. The summed E-state index contributed by atoms with van der Waals surface area (Å²) in [6, 6.07) is 0. The highest BCUT2D eigenvalue weighted by atomic mass is 31.2. The Morgan fingerprint density at radius 1 is 0.775 bits per heavy atom. The Bertz CT molecular complexity index is 775. The van der Waals surface area contributed by atoms with E-state index in [9.17, 15) is 44.9 Å². The first-order valence-electron chi connectivity index (χ1n) is 14.2. The Kier molecular flexibility index (Phi) is 19.0. The van der Waals surface area contributed by atoms with Gasteiger partial charge in [-0.05, 0) is 38.5 Å². The number of hydrogen-bond acceptors (Lipinski definition) is 11. The molecule has 0 aromatic heterocycles. The molecule has 40 heavy (non-hydrogen) atoms. The van der Waals surface area contributed by atoms with Crippen LogP contribution in [0.2, 0.25) is 0 Å². The molecule has 0 saturated heterocycles. The molecule has 1 saturated carbocycles. The first kappa shape index (κ1) is 36.8. The van der Waals surface area contributed by atoms with E-state index in [4.69, 9.17) is 4.74 Å². The van der Waals surface area contributed by atoms with E-state index in [1.165, 1.54) is 19.3 Å². The quantitative estimate of drug-likeness (QED) is 0.0440. The van der Waals surface area contributed by atoms with Crippen LogP contribution in [0.4, 0.5) is 0 Å². The van der Waals surface area contributed by atoms with Gasteiger partial charge < -0.3 is 40.3 Å². The number of unbranched alkanes of at least 4 members (excludes halogenated alkanes) is 8. The first-order chi connectivity index (χ1) is 19.0. The van der Waals surface area contributed by atoms with Gasteiger partial charge in [0.25, 0.3) is 0 Å². The molecule has 0 bridgehead atoms. The zero-order valence-corrected chi connectivity index (χ0v) is 24.3. The van der Waals surface area contributed by atoms with Crippen LogP contribution in [0.1, 0.15) is 84.0 Å². The lowest BCUT2D eigenvalue weighted by molar-refractivity contribution is -0.220. The molecular weight excluding hydrogens is 547 g/mol. The smallest absolute Gasteiger partial charge is 0.463 e. The van der Waals surface area contributed by atoms with E-state index in [1.807, 2.05) is 0 Å². The number of carbonyl (C=O) groups is 1. The monoisotopic (exact) mass is 596 g/mol. The van der Waals surface area contributed by atoms with Crippen LogP contribution >= 0.6 is 7.82 Å². The van der Waals surface area contributed by atoms with Crippen molar-refractivity contribution in [2.45, 2.75) is 127 Å². The van der Waals surface area contributed by atoms with Gasteiger partial charge in [-0.1, -0.05) is 63.3 Å². The van der Waals surface area contributed by atoms with Crippen LogP contribution in [0.15, 0.2) is 24.3 Å². The highest BCUT2D eigenvalue weighted by molar-refractivity contribution is 7.47. The van der Waals surface area contributed by atoms with Gasteiger partial charge in [0.1, 0.15) is 49.3 Å². The highest BCUT2D eigenvalue weighted by Crippen LogP contribution is 2.47. The van der Waals surface area contributed by atoms with E-state index < -0.39 is 69.7 Å². The summed E-state index contributed by atoms with van der Waals surface area (Å²) in [6.45, 7) is 0.932. The summed E-state index contributed by atoms with van der Waals surface area (Å²) in [5, 5.41) is 58.5. The number of allylic oxidation sites excluding steroid dienone is 4. The number of aliphatic hydroxyl groups excluding tert-OH is 6. The summed E-state index contributed by atoms with van der Waals surface area (Å²) in [7, 11) is -4.99. The third-order valence-electron chi connectivity index (χ3n) is 6.53. The number of hydrogen-bond donors (Lipinski definition) is 7. The molecule has 6 unspecified atom stereocenters. The second-order valence-corrected chi connectivity index (χ2v) is 11.5. The largest absolute Gasteiger partial charge is 0.472 e. The van der Waals surface area contributed by atoms with Crippen molar-refractivity contribution < 1.29 is 58.7 Å². The molecule has 0 spiro atoms. The van der Waals surface area contributed by atoms with Gasteiger partial charge in [-0.25, -0.2) is 4.57 Å². The minimum atomic E-state index is -4.99. The number of esters is 1. The van der Waals surface area contributed by atoms with Crippen molar-refractivity contribution in [3.63, 3.8) is 0 Å². The molecule has 1 aliphatic rings. The Morgan fingerprint density at radius 2 is 1.30 bits per heavy atom. The van der Waals surface area contributed by atoms with E-state index in [0.717, 1.165) is 44.9 Å². The van der Waals surface area contributed by atoms with E-state index >= 15 is 0 Å². The lowest BCUT2D eigenvalue weighted by Gasteiger charge is -2.41. The predicted molar refractivity (Wildman–Crippen MR) is 147 cm³/mol. The number of ether oxygens (including phenoxy) is 1. The van der Waals surface area contributed by atoms with Crippen LogP contribution in [0, 0.1) is 0 Å². The second-order valence-electron chi connectivity index (χ2n) is 10.1. The summed E-state index contributed by atoms with van der Waals surface area (Å²) < 4.78 is 26.3. The van der Waals surface area contributed by atoms with E-state index in [0.29, 0.717) is 6.42 Å². The third-order valence-corrected chi connectivity index (χ3v) is 7.51. The average molecular weight is 597 g/mol. The van der Waals surface area contributed by atoms with Gasteiger partial charge in [0.2, 0.25) is 0 Å². The van der Waals surface area contributed by atoms with Crippen LogP contribution in [0.5, 0.6) is 0 Å². The van der Waals surface area contributed by atoms with Crippen LogP contribution in [-0.2, 0) is 23.1 Å². The van der Waals surface area contributed by atoms with Crippen molar-refractivity contribution in [2.75, 3.05) is 13.2 Å². The van der Waals surface area contributed by atoms with Crippen molar-refractivity contribution >= 4 is 13.8 Å². The van der Waals surface area contributed by atoms with Gasteiger partial charge >= 0.3 is 13.8 Å². The molecule has 1 aliphatic carbocycles. The molecule has 1 rings (SSSR count). The van der Waals surface area contributed by atoms with Crippen molar-refractivity contribution in [1.82, 2.24) is 0 Å². The number of aliphatic hydroxyl groups is 6. The number of phosphoric ester groups is 1. The van der Waals surface area contributed by atoms with Crippen molar-refractivity contribution in [1.29, 1.82) is 0 Å². The maximum Gasteiger partial charge on any atom is 0.472 e. The predicted octanol–water partition coefficient (Wildman–Crippen LogP) is 2.02. The standard InChI is InChI=1S/C27H49O12P/c1-2-3-4-5-6-7-8-9-10-11-12-13-14-15-16-17-21(29)37-18-20(28)19-38-40(35,36)39-27-25(33)23(31)22(30)24(32)26(27)34/h6-7,9-10,20,22-28,30-34H,2-5,8,11-19H2,1H3,(H,35,36)/b7-6-,10-9-. The van der Waals surface area contributed by atoms with Crippen molar-refractivity contribution in [3.8, 4) is 0 Å². The molecular formula is C27H49O12P. The van der Waals surface area contributed by atoms with Crippen LogP contribution in [-0.4, -0.2) is 97.4 Å². The van der Waals surface area contributed by atoms with Gasteiger partial charge in [-0.15, -0.1) is 0 Å². The lowest BCUT2D eigenvalue weighted by Crippen LogP contribution is -2.64. The van der Waals surface area contributed by atoms with Gasteiger partial charge in [-0.3, -0.25) is 13.8 Å². The van der Waals surface area contributed by atoms with Crippen LogP contribution in [0.25, 0.3) is 0 Å². The SMILES string of the molecule is CCCCC/C=C\C/C=C\CCCCCCCC(=O)OCC(O)COP(=O)(O)OC1C(O)C(O)C(O)C(O)C1O. The summed E-state index contributed by atoms with van der Waals surface area (Å²) in [6.07, 6.45) is 7.40. The first-order valence-corrected chi connectivity index (χ1v) is 15.7. The Hall–Kier alpha value is -1.18. The maximum absolute atomic E-state index is 12.1. The Labute approximate surface area is 236 Å². The minimum Gasteiger partial charge on any atom is -0.463 e. The van der Waals surface area contributed by atoms with Gasteiger partial charge in [0, 0.05) is 6.42 Å². The molecule has 0 radical (unpaired) electrons. The molecule has 0 amide bonds. The number of rotatable bonds is 21. The maximum atomic E-state index is 12.1. The minimum absolute atomic E-state index is 0.174. The van der Waals surface area contributed by atoms with Crippen molar-refractivity contribution in [2.24, 2.45) is 0 Å². The van der Waals surface area contributed by atoms with E-state index in [1.54, 1.807) is 0 Å². The molecule has 12 nitrogen and oxygen atoms in total. The highest BCUT2D eigenvalue weighted by Gasteiger charge is 2.51. The summed E-state index contributed by atoms with van der Waals surface area (Å²) in [4.78, 5) is 21.7. The fourth-order valence-corrected chi connectivity index (χ4v) is 5.05. The fraction of sp³-hybridized carbons (Fsp3) is 0.815. The van der Waals surface area contributed by atoms with Gasteiger partial charge in [-0.2, -0.15) is 0 Å². The van der Waals surface area contributed by atoms with E-state index in [-0.39, 0.29) is 6.42 Å². The summed E-state index contributed by atoms with van der Waals surface area (Å²) in [5.41, 5.74) is 0. The molecule has 13 heteroatoms. The zero-order valence-electron chi connectivity index (χ0n) is 23.4.